The molecular weight excluding hydrogens is 302 g/mol. The highest BCUT2D eigenvalue weighted by molar-refractivity contribution is 6.30. The van der Waals surface area contributed by atoms with Gasteiger partial charge in [0.05, 0.1) is 19.2 Å². The van der Waals surface area contributed by atoms with Crippen molar-refractivity contribution >= 4 is 28.5 Å². The largest absolute Gasteiger partial charge is 0.496 e. The first-order valence-corrected chi connectivity index (χ1v) is 7.11. The molecule has 0 aliphatic rings. The first-order chi connectivity index (χ1) is 10.6. The summed E-state index contributed by atoms with van der Waals surface area (Å²) < 4.78 is 7.26. The molecule has 0 saturated carbocycles. The Morgan fingerprint density at radius 3 is 2.77 bits per heavy atom. The molecule has 0 amide bonds. The van der Waals surface area contributed by atoms with E-state index in [1.54, 1.807) is 25.4 Å². The lowest BCUT2D eigenvalue weighted by Gasteiger charge is -2.10. The highest BCUT2D eigenvalue weighted by atomic mass is 35.5. The topological polar surface area (TPSA) is 51.5 Å². The molecule has 3 rings (SSSR count). The standard InChI is InChI=1S/C17H14ClNO3/c1-22-16-8-12(18)7-6-11(16)9-19-10-14(17(20)21)13-4-2-3-5-15(13)19/h2-8,10H,9H2,1H3,(H,20,21). The smallest absolute Gasteiger partial charge is 0.337 e. The van der Waals surface area contributed by atoms with E-state index in [0.29, 0.717) is 22.9 Å². The summed E-state index contributed by atoms with van der Waals surface area (Å²) in [6.07, 6.45) is 1.65. The second-order valence-electron chi connectivity index (χ2n) is 4.95. The third kappa shape index (κ3) is 2.53. The maximum Gasteiger partial charge on any atom is 0.337 e. The molecule has 4 nitrogen and oxygen atoms in total. The number of carboxylic acid groups (broad SMARTS) is 1. The first-order valence-electron chi connectivity index (χ1n) is 6.73. The summed E-state index contributed by atoms with van der Waals surface area (Å²) >= 11 is 5.97. The molecule has 1 heterocycles. The Morgan fingerprint density at radius 2 is 2.05 bits per heavy atom. The van der Waals surface area contributed by atoms with Crippen LogP contribution >= 0.6 is 11.6 Å². The molecule has 1 N–H and O–H groups in total. The molecule has 3 aromatic rings. The second-order valence-corrected chi connectivity index (χ2v) is 5.39. The van der Waals surface area contributed by atoms with E-state index < -0.39 is 5.97 Å². The fourth-order valence-corrected chi connectivity index (χ4v) is 2.74. The Bertz CT molecular complexity index is 854. The lowest BCUT2D eigenvalue weighted by atomic mass is 10.2. The van der Waals surface area contributed by atoms with Crippen molar-refractivity contribution in [3.05, 3.63) is 64.8 Å². The van der Waals surface area contributed by atoms with Crippen LogP contribution in [0.15, 0.2) is 48.7 Å². The number of para-hydroxylation sites is 1. The van der Waals surface area contributed by atoms with Gasteiger partial charge < -0.3 is 14.4 Å². The summed E-state index contributed by atoms with van der Waals surface area (Å²) in [6.45, 7) is 0.508. The molecule has 5 heteroatoms. The number of benzene rings is 2. The van der Waals surface area contributed by atoms with Gasteiger partial charge in [0.15, 0.2) is 0 Å². The van der Waals surface area contributed by atoms with Crippen molar-refractivity contribution in [3.63, 3.8) is 0 Å². The highest BCUT2D eigenvalue weighted by Crippen LogP contribution is 2.27. The molecule has 0 fully saturated rings. The molecule has 0 atom stereocenters. The fourth-order valence-electron chi connectivity index (χ4n) is 2.58. The van der Waals surface area contributed by atoms with E-state index in [-0.39, 0.29) is 0 Å². The zero-order chi connectivity index (χ0) is 15.7. The molecule has 1 aromatic heterocycles. The van der Waals surface area contributed by atoms with Gasteiger partial charge in [-0.1, -0.05) is 35.9 Å². The summed E-state index contributed by atoms with van der Waals surface area (Å²) in [5.41, 5.74) is 2.10. The summed E-state index contributed by atoms with van der Waals surface area (Å²) in [5, 5.41) is 10.7. The number of hydrogen-bond acceptors (Lipinski definition) is 2. The minimum Gasteiger partial charge on any atom is -0.496 e. The van der Waals surface area contributed by atoms with E-state index in [9.17, 15) is 9.90 Å². The molecule has 0 radical (unpaired) electrons. The van der Waals surface area contributed by atoms with Crippen molar-refractivity contribution in [1.29, 1.82) is 0 Å². The molecule has 0 bridgehead atoms. The van der Waals surface area contributed by atoms with Crippen molar-refractivity contribution in [3.8, 4) is 5.75 Å². The number of carbonyl (C=O) groups is 1. The predicted octanol–water partition coefficient (Wildman–Crippen LogP) is 4.05. The van der Waals surface area contributed by atoms with E-state index in [1.807, 2.05) is 34.9 Å². The van der Waals surface area contributed by atoms with E-state index in [2.05, 4.69) is 0 Å². The van der Waals surface area contributed by atoms with Gasteiger partial charge in [-0.15, -0.1) is 0 Å². The highest BCUT2D eigenvalue weighted by Gasteiger charge is 2.14. The summed E-state index contributed by atoms with van der Waals surface area (Å²) in [7, 11) is 1.59. The maximum atomic E-state index is 11.4. The number of aromatic nitrogens is 1. The van der Waals surface area contributed by atoms with Gasteiger partial charge in [0.25, 0.3) is 0 Å². The quantitative estimate of drug-likeness (QED) is 0.790. The summed E-state index contributed by atoms with van der Waals surface area (Å²) in [4.78, 5) is 11.4. The van der Waals surface area contributed by atoms with E-state index >= 15 is 0 Å². The zero-order valence-electron chi connectivity index (χ0n) is 11.9. The Labute approximate surface area is 132 Å². The van der Waals surface area contributed by atoms with Crippen LogP contribution in [0, 0.1) is 0 Å². The minimum absolute atomic E-state index is 0.295. The van der Waals surface area contributed by atoms with Crippen LogP contribution in [0.2, 0.25) is 5.02 Å². The Morgan fingerprint density at radius 1 is 1.27 bits per heavy atom. The van der Waals surface area contributed by atoms with Gasteiger partial charge in [-0.05, 0) is 18.2 Å². The van der Waals surface area contributed by atoms with Gasteiger partial charge in [0.2, 0.25) is 0 Å². The summed E-state index contributed by atoms with van der Waals surface area (Å²) in [6, 6.07) is 12.9. The van der Waals surface area contributed by atoms with Crippen LogP contribution in [0.1, 0.15) is 15.9 Å². The molecule has 112 valence electrons. The fraction of sp³-hybridized carbons (Fsp3) is 0.118. The van der Waals surface area contributed by atoms with Crippen molar-refractivity contribution in [2.45, 2.75) is 6.54 Å². The maximum absolute atomic E-state index is 11.4. The van der Waals surface area contributed by atoms with Crippen LogP contribution in [-0.2, 0) is 6.54 Å². The third-order valence-corrected chi connectivity index (χ3v) is 3.84. The SMILES string of the molecule is COc1cc(Cl)ccc1Cn1cc(C(=O)O)c2ccccc21. The molecule has 22 heavy (non-hydrogen) atoms. The lowest BCUT2D eigenvalue weighted by Crippen LogP contribution is -2.01. The van der Waals surface area contributed by atoms with Gasteiger partial charge in [0.1, 0.15) is 5.75 Å². The minimum atomic E-state index is -0.932. The van der Waals surface area contributed by atoms with Crippen molar-refractivity contribution in [2.24, 2.45) is 0 Å². The number of nitrogens with zero attached hydrogens (tertiary/aromatic N) is 1. The molecule has 0 unspecified atom stereocenters. The second kappa shape index (κ2) is 5.73. The Hall–Kier alpha value is -2.46. The van der Waals surface area contributed by atoms with Crippen LogP contribution in [0.3, 0.4) is 0 Å². The number of carboxylic acids is 1. The average molecular weight is 316 g/mol. The average Bonchev–Trinajstić information content (AvgIpc) is 2.88. The first kappa shape index (κ1) is 14.5. The predicted molar refractivity (Wildman–Crippen MR) is 86.0 cm³/mol. The van der Waals surface area contributed by atoms with Gasteiger partial charge in [-0.2, -0.15) is 0 Å². The van der Waals surface area contributed by atoms with Gasteiger partial charge in [0, 0.05) is 27.7 Å². The number of methoxy groups -OCH3 is 1. The zero-order valence-corrected chi connectivity index (χ0v) is 12.7. The van der Waals surface area contributed by atoms with Crippen LogP contribution < -0.4 is 4.74 Å². The molecule has 2 aromatic carbocycles. The van der Waals surface area contributed by atoms with E-state index in [1.165, 1.54) is 0 Å². The van der Waals surface area contributed by atoms with Crippen LogP contribution in [0.25, 0.3) is 10.9 Å². The number of rotatable bonds is 4. The van der Waals surface area contributed by atoms with Gasteiger partial charge >= 0.3 is 5.97 Å². The van der Waals surface area contributed by atoms with Crippen molar-refractivity contribution in [2.75, 3.05) is 7.11 Å². The van der Waals surface area contributed by atoms with Crippen molar-refractivity contribution < 1.29 is 14.6 Å². The van der Waals surface area contributed by atoms with Crippen LogP contribution in [0.5, 0.6) is 5.75 Å². The van der Waals surface area contributed by atoms with Gasteiger partial charge in [-0.25, -0.2) is 4.79 Å². The number of halogens is 1. The molecule has 0 aliphatic heterocycles. The van der Waals surface area contributed by atoms with Gasteiger partial charge in [-0.3, -0.25) is 0 Å². The number of hydrogen-bond donors (Lipinski definition) is 1. The number of aromatic carboxylic acids is 1. The van der Waals surface area contributed by atoms with Crippen LogP contribution in [-0.4, -0.2) is 22.8 Å². The Balaban J connectivity index is 2.10. The monoisotopic (exact) mass is 315 g/mol. The third-order valence-electron chi connectivity index (χ3n) is 3.61. The normalized spacial score (nSPS) is 10.8. The van der Waals surface area contributed by atoms with E-state index in [0.717, 1.165) is 16.5 Å². The molecule has 0 spiro atoms. The van der Waals surface area contributed by atoms with E-state index in [4.69, 9.17) is 16.3 Å². The molecular formula is C17H14ClNO3. The van der Waals surface area contributed by atoms with Crippen molar-refractivity contribution in [1.82, 2.24) is 4.57 Å². The molecule has 0 aliphatic carbocycles. The lowest BCUT2D eigenvalue weighted by molar-refractivity contribution is 0.0699. The summed E-state index contributed by atoms with van der Waals surface area (Å²) in [5.74, 6) is -0.250. The molecule has 0 saturated heterocycles. The number of fused-ring (bicyclic) bond motifs is 1. The number of ether oxygens (including phenoxy) is 1. The Kier molecular flexibility index (Phi) is 3.77. The van der Waals surface area contributed by atoms with Crippen LogP contribution in [0.4, 0.5) is 0 Å².